The Bertz CT molecular complexity index is 511. The minimum absolute atomic E-state index is 0.0197. The lowest BCUT2D eigenvalue weighted by molar-refractivity contribution is -0.137. The van der Waals surface area contributed by atoms with Gasteiger partial charge in [-0.2, -0.15) is 13.2 Å². The smallest absolute Gasteiger partial charge is 0.336 e. The van der Waals surface area contributed by atoms with E-state index in [1.165, 1.54) is 6.07 Å². The van der Waals surface area contributed by atoms with Gasteiger partial charge in [-0.05, 0) is 25.2 Å². The number of nitrogens with zero attached hydrogens (tertiary/aromatic N) is 2. The molecule has 0 aromatic heterocycles. The molecule has 3 nitrogen and oxygen atoms in total. The molecule has 1 saturated heterocycles. The van der Waals surface area contributed by atoms with Gasteiger partial charge in [-0.1, -0.05) is 11.6 Å². The second kappa shape index (κ2) is 5.61. The van der Waals surface area contributed by atoms with Gasteiger partial charge in [-0.15, -0.1) is 0 Å². The number of rotatable bonds is 1. The highest BCUT2D eigenvalue weighted by Gasteiger charge is 2.34. The van der Waals surface area contributed by atoms with Gasteiger partial charge < -0.3 is 9.80 Å². The molecule has 0 aliphatic carbocycles. The van der Waals surface area contributed by atoms with Crippen molar-refractivity contribution in [1.82, 2.24) is 9.80 Å². The summed E-state index contributed by atoms with van der Waals surface area (Å²) in [6, 6.07) is 3.27. The van der Waals surface area contributed by atoms with Crippen molar-refractivity contribution in [3.63, 3.8) is 0 Å². The van der Waals surface area contributed by atoms with Crippen LogP contribution in [-0.4, -0.2) is 48.9 Å². The standard InChI is InChI=1S/C13H14ClF3N2O/c1-18-4-6-19(7-5-18)12(20)9-2-3-11(14)10(8-9)13(15,16)17/h2-3,8H,4-7H2,1H3. The van der Waals surface area contributed by atoms with Crippen LogP contribution in [0.25, 0.3) is 0 Å². The van der Waals surface area contributed by atoms with E-state index >= 15 is 0 Å². The van der Waals surface area contributed by atoms with Gasteiger partial charge in [0.2, 0.25) is 0 Å². The predicted molar refractivity (Wildman–Crippen MR) is 69.9 cm³/mol. The maximum atomic E-state index is 12.8. The molecule has 2 rings (SSSR count). The van der Waals surface area contributed by atoms with Gasteiger partial charge in [0.1, 0.15) is 0 Å². The van der Waals surface area contributed by atoms with E-state index in [9.17, 15) is 18.0 Å². The number of hydrogen-bond acceptors (Lipinski definition) is 2. The second-order valence-electron chi connectivity index (χ2n) is 4.79. The summed E-state index contributed by atoms with van der Waals surface area (Å²) in [6.45, 7) is 2.45. The summed E-state index contributed by atoms with van der Waals surface area (Å²) in [5.74, 6) is -0.389. The number of benzene rings is 1. The zero-order valence-corrected chi connectivity index (χ0v) is 11.6. The van der Waals surface area contributed by atoms with Crippen LogP contribution in [0.1, 0.15) is 15.9 Å². The van der Waals surface area contributed by atoms with Crippen LogP contribution >= 0.6 is 11.6 Å². The molecular formula is C13H14ClF3N2O. The molecule has 0 unspecified atom stereocenters. The fraction of sp³-hybridized carbons (Fsp3) is 0.462. The Kier molecular flexibility index (Phi) is 4.25. The van der Waals surface area contributed by atoms with Crippen molar-refractivity contribution in [2.45, 2.75) is 6.18 Å². The number of halogens is 4. The highest BCUT2D eigenvalue weighted by Crippen LogP contribution is 2.35. The van der Waals surface area contributed by atoms with Crippen molar-refractivity contribution in [3.8, 4) is 0 Å². The minimum Gasteiger partial charge on any atom is -0.336 e. The van der Waals surface area contributed by atoms with Crippen LogP contribution in [0.2, 0.25) is 5.02 Å². The molecule has 0 atom stereocenters. The molecule has 0 bridgehead atoms. The Morgan fingerprint density at radius 1 is 1.20 bits per heavy atom. The number of hydrogen-bond donors (Lipinski definition) is 0. The summed E-state index contributed by atoms with van der Waals surface area (Å²) in [6.07, 6.45) is -4.56. The van der Waals surface area contributed by atoms with Gasteiger partial charge in [-0.25, -0.2) is 0 Å². The molecule has 110 valence electrons. The van der Waals surface area contributed by atoms with Crippen LogP contribution in [0.5, 0.6) is 0 Å². The van der Waals surface area contributed by atoms with Crippen molar-refractivity contribution in [1.29, 1.82) is 0 Å². The third-order valence-corrected chi connectivity index (χ3v) is 3.64. The average molecular weight is 307 g/mol. The first-order chi connectivity index (χ1) is 9.29. The summed E-state index contributed by atoms with van der Waals surface area (Å²) in [5, 5.41) is -0.396. The first-order valence-electron chi connectivity index (χ1n) is 6.13. The van der Waals surface area contributed by atoms with Gasteiger partial charge in [-0.3, -0.25) is 4.79 Å². The first kappa shape index (κ1) is 15.1. The van der Waals surface area contributed by atoms with E-state index in [0.717, 1.165) is 12.1 Å². The molecule has 0 N–H and O–H groups in total. The maximum absolute atomic E-state index is 12.8. The highest BCUT2D eigenvalue weighted by atomic mass is 35.5. The van der Waals surface area contributed by atoms with E-state index in [4.69, 9.17) is 11.6 Å². The number of amides is 1. The second-order valence-corrected chi connectivity index (χ2v) is 5.20. The number of likely N-dealkylation sites (N-methyl/N-ethyl adjacent to an activating group) is 1. The van der Waals surface area contributed by atoms with Crippen molar-refractivity contribution in [2.75, 3.05) is 33.2 Å². The van der Waals surface area contributed by atoms with Crippen LogP contribution in [0.15, 0.2) is 18.2 Å². The molecule has 1 aromatic carbocycles. The molecular weight excluding hydrogens is 293 g/mol. The van der Waals surface area contributed by atoms with Gasteiger partial charge in [0.05, 0.1) is 10.6 Å². The lowest BCUT2D eigenvalue weighted by atomic mass is 10.1. The first-order valence-corrected chi connectivity index (χ1v) is 6.51. The van der Waals surface area contributed by atoms with Gasteiger partial charge in [0.25, 0.3) is 5.91 Å². The van der Waals surface area contributed by atoms with Crippen molar-refractivity contribution in [2.24, 2.45) is 0 Å². The third kappa shape index (κ3) is 3.24. The van der Waals surface area contributed by atoms with Crippen LogP contribution in [0, 0.1) is 0 Å². The monoisotopic (exact) mass is 306 g/mol. The van der Waals surface area contributed by atoms with Gasteiger partial charge >= 0.3 is 6.18 Å². The normalized spacial score (nSPS) is 17.4. The van der Waals surface area contributed by atoms with Crippen molar-refractivity contribution >= 4 is 17.5 Å². The number of piperazine rings is 1. The number of alkyl halides is 3. The van der Waals surface area contributed by atoms with Crippen LogP contribution in [0.4, 0.5) is 13.2 Å². The molecule has 1 amide bonds. The molecule has 1 aliphatic rings. The molecule has 1 heterocycles. The highest BCUT2D eigenvalue weighted by molar-refractivity contribution is 6.31. The average Bonchev–Trinajstić information content (AvgIpc) is 2.38. The van der Waals surface area contributed by atoms with Gasteiger partial charge in [0.15, 0.2) is 0 Å². The lowest BCUT2D eigenvalue weighted by Gasteiger charge is -2.32. The van der Waals surface area contributed by atoms with E-state index in [0.29, 0.717) is 26.2 Å². The topological polar surface area (TPSA) is 23.6 Å². The summed E-state index contributed by atoms with van der Waals surface area (Å²) < 4.78 is 38.3. The third-order valence-electron chi connectivity index (χ3n) is 3.31. The molecule has 1 aromatic rings. The van der Waals surface area contributed by atoms with Gasteiger partial charge in [0, 0.05) is 31.7 Å². The fourth-order valence-electron chi connectivity index (χ4n) is 2.07. The Morgan fingerprint density at radius 3 is 2.35 bits per heavy atom. The Balaban J connectivity index is 2.23. The molecule has 20 heavy (non-hydrogen) atoms. The quantitative estimate of drug-likeness (QED) is 0.796. The summed E-state index contributed by atoms with van der Waals surface area (Å²) >= 11 is 5.54. The van der Waals surface area contributed by atoms with Crippen molar-refractivity contribution < 1.29 is 18.0 Å². The maximum Gasteiger partial charge on any atom is 0.417 e. The van der Waals surface area contributed by atoms with E-state index in [2.05, 4.69) is 4.90 Å². The molecule has 7 heteroatoms. The van der Waals surface area contributed by atoms with E-state index in [-0.39, 0.29) is 11.5 Å². The molecule has 0 radical (unpaired) electrons. The molecule has 0 spiro atoms. The molecule has 1 aliphatic heterocycles. The zero-order chi connectivity index (χ0) is 14.9. The Labute approximate surface area is 119 Å². The minimum atomic E-state index is -4.56. The van der Waals surface area contributed by atoms with E-state index in [1.54, 1.807) is 4.90 Å². The van der Waals surface area contributed by atoms with Crippen LogP contribution in [-0.2, 0) is 6.18 Å². The summed E-state index contributed by atoms with van der Waals surface area (Å²) in [4.78, 5) is 15.8. The van der Waals surface area contributed by atoms with Crippen molar-refractivity contribution in [3.05, 3.63) is 34.3 Å². The zero-order valence-electron chi connectivity index (χ0n) is 10.9. The summed E-state index contributed by atoms with van der Waals surface area (Å²) in [7, 11) is 1.94. The number of carbonyl (C=O) groups is 1. The van der Waals surface area contributed by atoms with E-state index in [1.807, 2.05) is 7.05 Å². The number of carbonyl (C=O) groups excluding carboxylic acids is 1. The predicted octanol–water partition coefficient (Wildman–Crippen LogP) is 2.75. The van der Waals surface area contributed by atoms with E-state index < -0.39 is 16.8 Å². The fourth-order valence-corrected chi connectivity index (χ4v) is 2.29. The summed E-state index contributed by atoms with van der Waals surface area (Å²) in [5.41, 5.74) is -0.953. The molecule has 1 fully saturated rings. The Hall–Kier alpha value is -1.27. The SMILES string of the molecule is CN1CCN(C(=O)c2ccc(Cl)c(C(F)(F)F)c2)CC1. The van der Waals surface area contributed by atoms with Crippen LogP contribution < -0.4 is 0 Å². The van der Waals surface area contributed by atoms with Crippen LogP contribution in [0.3, 0.4) is 0 Å². The Morgan fingerprint density at radius 2 is 1.80 bits per heavy atom. The lowest BCUT2D eigenvalue weighted by Crippen LogP contribution is -2.47. The molecule has 0 saturated carbocycles. The largest absolute Gasteiger partial charge is 0.417 e.